The Hall–Kier alpha value is -2.83. The minimum atomic E-state index is -0.396. The summed E-state index contributed by atoms with van der Waals surface area (Å²) in [7, 11) is 0. The van der Waals surface area contributed by atoms with Crippen LogP contribution in [0.1, 0.15) is 23.4 Å². The Morgan fingerprint density at radius 2 is 1.82 bits per heavy atom. The van der Waals surface area contributed by atoms with Gasteiger partial charge in [0, 0.05) is 35.4 Å². The Labute approximate surface area is 169 Å². The Morgan fingerprint density at radius 1 is 1.00 bits per heavy atom. The highest BCUT2D eigenvalue weighted by Gasteiger charge is 2.13. The first-order valence-electron chi connectivity index (χ1n) is 8.51. The van der Waals surface area contributed by atoms with Gasteiger partial charge in [-0.1, -0.05) is 45.6 Å². The Bertz CT molecular complexity index is 1120. The van der Waals surface area contributed by atoms with Crippen LogP contribution in [0.2, 0.25) is 10.2 Å². The van der Waals surface area contributed by atoms with Gasteiger partial charge in [-0.25, -0.2) is 0 Å². The molecule has 0 aliphatic heterocycles. The molecule has 28 heavy (non-hydrogen) atoms. The van der Waals surface area contributed by atoms with Crippen LogP contribution in [-0.2, 0) is 17.6 Å². The van der Waals surface area contributed by atoms with Crippen LogP contribution in [0.4, 0.5) is 0 Å². The SMILES string of the molecule is O=C(CCc1cc(Cl)no1)Oc1ccc2c(Cc3ccc(Cl)cc3)noc2c1. The summed E-state index contributed by atoms with van der Waals surface area (Å²) < 4.78 is 15.7. The van der Waals surface area contributed by atoms with Crippen LogP contribution in [-0.4, -0.2) is 16.3 Å². The van der Waals surface area contributed by atoms with Crippen LogP contribution < -0.4 is 4.74 Å². The number of hydrogen-bond donors (Lipinski definition) is 0. The van der Waals surface area contributed by atoms with Crippen LogP contribution in [0, 0.1) is 0 Å². The summed E-state index contributed by atoms with van der Waals surface area (Å²) in [4.78, 5) is 12.0. The fourth-order valence-electron chi connectivity index (χ4n) is 2.77. The van der Waals surface area contributed by atoms with Crippen molar-refractivity contribution in [3.63, 3.8) is 0 Å². The number of ether oxygens (including phenoxy) is 1. The molecule has 0 N–H and O–H groups in total. The smallest absolute Gasteiger partial charge is 0.311 e. The zero-order valence-corrected chi connectivity index (χ0v) is 16.0. The Balaban J connectivity index is 1.42. The summed E-state index contributed by atoms with van der Waals surface area (Å²) in [5.74, 6) is 0.523. The molecule has 6 nitrogen and oxygen atoms in total. The average Bonchev–Trinajstić information content (AvgIpc) is 3.28. The second-order valence-electron chi connectivity index (χ2n) is 6.18. The first-order chi connectivity index (χ1) is 13.6. The second-order valence-corrected chi connectivity index (χ2v) is 7.00. The second kappa shape index (κ2) is 8.04. The number of nitrogens with zero attached hydrogens (tertiary/aromatic N) is 2. The highest BCUT2D eigenvalue weighted by Crippen LogP contribution is 2.26. The van der Waals surface area contributed by atoms with Gasteiger partial charge < -0.3 is 13.8 Å². The molecule has 4 rings (SSSR count). The van der Waals surface area contributed by atoms with Crippen LogP contribution in [0.15, 0.2) is 57.6 Å². The third kappa shape index (κ3) is 4.35. The van der Waals surface area contributed by atoms with E-state index in [0.29, 0.717) is 35.0 Å². The molecule has 4 aromatic rings. The summed E-state index contributed by atoms with van der Waals surface area (Å²) in [6, 6.07) is 14.3. The standard InChI is InChI=1S/C20H14Cl2N2O4/c21-13-3-1-12(2-4-13)9-17-16-7-5-14(10-18(16)28-23-17)26-20(25)8-6-15-11-19(22)24-27-15/h1-5,7,10-11H,6,8-9H2. The van der Waals surface area contributed by atoms with Gasteiger partial charge in [-0.15, -0.1) is 0 Å². The number of hydrogen-bond acceptors (Lipinski definition) is 6. The zero-order chi connectivity index (χ0) is 19.5. The Morgan fingerprint density at radius 3 is 2.57 bits per heavy atom. The van der Waals surface area contributed by atoms with Crippen LogP contribution >= 0.6 is 23.2 Å². The molecule has 0 atom stereocenters. The molecule has 0 aliphatic rings. The lowest BCUT2D eigenvalue weighted by Crippen LogP contribution is -2.08. The van der Waals surface area contributed by atoms with Crippen LogP contribution in [0.5, 0.6) is 5.75 Å². The summed E-state index contributed by atoms with van der Waals surface area (Å²) >= 11 is 11.6. The fraction of sp³-hybridized carbons (Fsp3) is 0.150. The largest absolute Gasteiger partial charge is 0.426 e. The van der Waals surface area contributed by atoms with E-state index in [1.165, 1.54) is 0 Å². The lowest BCUT2D eigenvalue weighted by molar-refractivity contribution is -0.134. The predicted octanol–water partition coefficient (Wildman–Crippen LogP) is 5.25. The number of carbonyl (C=O) groups is 1. The number of halogens is 2. The van der Waals surface area contributed by atoms with E-state index in [9.17, 15) is 4.79 Å². The van der Waals surface area contributed by atoms with Gasteiger partial charge in [-0.05, 0) is 29.8 Å². The molecule has 0 fully saturated rings. The van der Waals surface area contributed by atoms with Gasteiger partial charge in [0.05, 0.1) is 12.1 Å². The highest BCUT2D eigenvalue weighted by atomic mass is 35.5. The van der Waals surface area contributed by atoms with Gasteiger partial charge in [0.2, 0.25) is 0 Å². The van der Waals surface area contributed by atoms with Gasteiger partial charge >= 0.3 is 5.97 Å². The molecule has 2 aromatic carbocycles. The van der Waals surface area contributed by atoms with Crippen molar-refractivity contribution in [1.82, 2.24) is 10.3 Å². The molecule has 0 saturated carbocycles. The molecule has 0 spiro atoms. The van der Waals surface area contributed by atoms with Crippen molar-refractivity contribution < 1.29 is 18.6 Å². The van der Waals surface area contributed by atoms with E-state index in [2.05, 4.69) is 10.3 Å². The molecule has 0 unspecified atom stereocenters. The van der Waals surface area contributed by atoms with E-state index in [0.717, 1.165) is 16.6 Å². The molecule has 142 valence electrons. The highest BCUT2D eigenvalue weighted by molar-refractivity contribution is 6.30. The topological polar surface area (TPSA) is 78.4 Å². The number of fused-ring (bicyclic) bond motifs is 1. The first-order valence-corrected chi connectivity index (χ1v) is 9.27. The number of esters is 1. The summed E-state index contributed by atoms with van der Waals surface area (Å²) in [5, 5.41) is 9.50. The van der Waals surface area contributed by atoms with Crippen molar-refractivity contribution in [2.45, 2.75) is 19.3 Å². The zero-order valence-electron chi connectivity index (χ0n) is 14.5. The number of benzene rings is 2. The number of carbonyl (C=O) groups excluding carboxylic acids is 1. The Kier molecular flexibility index (Phi) is 5.32. The molecular formula is C20H14Cl2N2O4. The number of aromatic nitrogens is 2. The monoisotopic (exact) mass is 416 g/mol. The minimum Gasteiger partial charge on any atom is -0.426 e. The summed E-state index contributed by atoms with van der Waals surface area (Å²) in [6.07, 6.45) is 1.11. The van der Waals surface area contributed by atoms with Crippen molar-refractivity contribution in [3.8, 4) is 5.75 Å². The lowest BCUT2D eigenvalue weighted by atomic mass is 10.1. The minimum absolute atomic E-state index is 0.141. The molecule has 0 saturated heterocycles. The van der Waals surface area contributed by atoms with Crippen molar-refractivity contribution >= 4 is 40.1 Å². The van der Waals surface area contributed by atoms with Gasteiger partial charge in [0.25, 0.3) is 0 Å². The average molecular weight is 417 g/mol. The van der Waals surface area contributed by atoms with Gasteiger partial charge in [-0.3, -0.25) is 4.79 Å². The van der Waals surface area contributed by atoms with E-state index in [-0.39, 0.29) is 11.6 Å². The molecule has 0 bridgehead atoms. The molecule has 8 heteroatoms. The normalized spacial score (nSPS) is 11.1. The predicted molar refractivity (Wildman–Crippen MR) is 104 cm³/mol. The van der Waals surface area contributed by atoms with Crippen molar-refractivity contribution in [3.05, 3.63) is 75.7 Å². The van der Waals surface area contributed by atoms with Gasteiger partial charge in [0.1, 0.15) is 11.5 Å². The third-order valence-corrected chi connectivity index (χ3v) is 4.57. The van der Waals surface area contributed by atoms with Crippen molar-refractivity contribution in [2.24, 2.45) is 0 Å². The number of aryl methyl sites for hydroxylation is 1. The van der Waals surface area contributed by atoms with E-state index in [1.807, 2.05) is 30.3 Å². The molecule has 0 radical (unpaired) electrons. The maximum Gasteiger partial charge on any atom is 0.311 e. The van der Waals surface area contributed by atoms with Gasteiger partial charge in [0.15, 0.2) is 10.7 Å². The molecule has 0 amide bonds. The molecule has 2 aromatic heterocycles. The maximum absolute atomic E-state index is 12.0. The van der Waals surface area contributed by atoms with Crippen molar-refractivity contribution in [1.29, 1.82) is 0 Å². The lowest BCUT2D eigenvalue weighted by Gasteiger charge is -2.03. The van der Waals surface area contributed by atoms with Gasteiger partial charge in [-0.2, -0.15) is 0 Å². The fourth-order valence-corrected chi connectivity index (χ4v) is 3.05. The van der Waals surface area contributed by atoms with Crippen molar-refractivity contribution in [2.75, 3.05) is 0 Å². The maximum atomic E-state index is 12.0. The van der Waals surface area contributed by atoms with E-state index < -0.39 is 5.97 Å². The molecular weight excluding hydrogens is 403 g/mol. The van der Waals surface area contributed by atoms with E-state index >= 15 is 0 Å². The van der Waals surface area contributed by atoms with E-state index in [1.54, 1.807) is 18.2 Å². The molecule has 2 heterocycles. The number of rotatable bonds is 6. The third-order valence-electron chi connectivity index (χ3n) is 4.14. The summed E-state index contributed by atoms with van der Waals surface area (Å²) in [6.45, 7) is 0. The summed E-state index contributed by atoms with van der Waals surface area (Å²) in [5.41, 5.74) is 2.43. The van der Waals surface area contributed by atoms with Crippen LogP contribution in [0.3, 0.4) is 0 Å². The quantitative estimate of drug-likeness (QED) is 0.315. The first kappa shape index (κ1) is 18.5. The van der Waals surface area contributed by atoms with E-state index in [4.69, 9.17) is 37.0 Å². The molecule has 0 aliphatic carbocycles. The van der Waals surface area contributed by atoms with Crippen LogP contribution in [0.25, 0.3) is 11.0 Å².